The van der Waals surface area contributed by atoms with Crippen molar-refractivity contribution in [2.24, 2.45) is 7.05 Å². The molecule has 0 radical (unpaired) electrons. The number of rotatable bonds is 8. The molecular weight excluding hydrogens is 464 g/mol. The molecule has 3 aromatic carbocycles. The first-order valence-corrected chi connectivity index (χ1v) is 12.0. The quantitative estimate of drug-likeness (QED) is 0.209. The maximum Gasteiger partial charge on any atom is 0.309 e. The lowest BCUT2D eigenvalue weighted by Crippen LogP contribution is -2.15. The van der Waals surface area contributed by atoms with Crippen LogP contribution in [0.15, 0.2) is 103 Å². The lowest BCUT2D eigenvalue weighted by atomic mass is 9.85. The van der Waals surface area contributed by atoms with E-state index in [9.17, 15) is 9.59 Å². The van der Waals surface area contributed by atoms with Crippen LogP contribution in [-0.4, -0.2) is 31.1 Å². The Morgan fingerprint density at radius 2 is 1.51 bits per heavy atom. The summed E-state index contributed by atoms with van der Waals surface area (Å²) in [6.07, 6.45) is 3.47. The van der Waals surface area contributed by atoms with Crippen LogP contribution < -0.4 is 4.74 Å². The summed E-state index contributed by atoms with van der Waals surface area (Å²) in [5.74, 6) is -0.389. The van der Waals surface area contributed by atoms with Crippen LogP contribution in [0.5, 0.6) is 5.88 Å². The summed E-state index contributed by atoms with van der Waals surface area (Å²) in [5, 5.41) is 4.95. The average molecular weight is 491 g/mol. The molecule has 2 heterocycles. The molecule has 184 valence electrons. The third-order valence-electron chi connectivity index (χ3n) is 6.18. The van der Waals surface area contributed by atoms with Gasteiger partial charge in [-0.05, 0) is 17.7 Å². The second-order valence-electron chi connectivity index (χ2n) is 8.73. The number of hydrogen-bond acceptors (Lipinski definition) is 5. The molecule has 2 aromatic heterocycles. The Morgan fingerprint density at radius 3 is 2.11 bits per heavy atom. The minimum atomic E-state index is -0.472. The monoisotopic (exact) mass is 490 g/mol. The van der Waals surface area contributed by atoms with Gasteiger partial charge >= 0.3 is 5.97 Å². The van der Waals surface area contributed by atoms with E-state index in [1.165, 1.54) is 6.92 Å². The standard InChI is InChI=1S/C30H26N4O3/c1-21(35)37-30-27(25(22-12-6-3-7-13-22)20-26(36)29-31-18-19-33(29)2)28(23-14-8-4-9-15-23)32-34(30)24-16-10-5-11-17-24/h3-19,25H,20H2,1-2H3/t25-/m1/s1. The van der Waals surface area contributed by atoms with Gasteiger partial charge in [-0.25, -0.2) is 4.98 Å². The minimum Gasteiger partial charge on any atom is -0.407 e. The van der Waals surface area contributed by atoms with Gasteiger partial charge in [0.25, 0.3) is 0 Å². The van der Waals surface area contributed by atoms with Gasteiger partial charge in [0.05, 0.1) is 11.3 Å². The Hall–Kier alpha value is -4.78. The van der Waals surface area contributed by atoms with Gasteiger partial charge in [-0.3, -0.25) is 9.59 Å². The van der Waals surface area contributed by atoms with Crippen molar-refractivity contribution in [1.29, 1.82) is 0 Å². The van der Waals surface area contributed by atoms with Gasteiger partial charge in [0.15, 0.2) is 11.6 Å². The molecule has 0 spiro atoms. The van der Waals surface area contributed by atoms with Crippen molar-refractivity contribution in [2.75, 3.05) is 0 Å². The number of hydrogen-bond donors (Lipinski definition) is 0. The van der Waals surface area contributed by atoms with Crippen molar-refractivity contribution in [2.45, 2.75) is 19.3 Å². The van der Waals surface area contributed by atoms with Crippen LogP contribution in [0.1, 0.15) is 41.0 Å². The van der Waals surface area contributed by atoms with E-state index in [0.717, 1.165) is 16.8 Å². The van der Waals surface area contributed by atoms with E-state index in [1.54, 1.807) is 28.7 Å². The van der Waals surface area contributed by atoms with Crippen LogP contribution in [0.2, 0.25) is 0 Å². The molecule has 0 aliphatic rings. The summed E-state index contributed by atoms with van der Waals surface area (Å²) >= 11 is 0. The van der Waals surface area contributed by atoms with Gasteiger partial charge in [-0.15, -0.1) is 0 Å². The Bertz CT molecular complexity index is 1520. The van der Waals surface area contributed by atoms with Crippen LogP contribution in [0.4, 0.5) is 0 Å². The zero-order valence-electron chi connectivity index (χ0n) is 20.6. The smallest absolute Gasteiger partial charge is 0.309 e. The molecule has 0 N–H and O–H groups in total. The van der Waals surface area contributed by atoms with Gasteiger partial charge in [0.2, 0.25) is 5.88 Å². The molecule has 0 fully saturated rings. The fraction of sp³-hybridized carbons (Fsp3) is 0.133. The highest BCUT2D eigenvalue weighted by Gasteiger charge is 2.32. The lowest BCUT2D eigenvalue weighted by molar-refractivity contribution is -0.132. The third-order valence-corrected chi connectivity index (χ3v) is 6.18. The fourth-order valence-corrected chi connectivity index (χ4v) is 4.50. The third kappa shape index (κ3) is 4.97. The van der Waals surface area contributed by atoms with Gasteiger partial charge in [0, 0.05) is 44.3 Å². The summed E-state index contributed by atoms with van der Waals surface area (Å²) in [7, 11) is 1.80. The number of imidazole rings is 1. The molecule has 0 unspecified atom stereocenters. The van der Waals surface area contributed by atoms with Gasteiger partial charge in [-0.1, -0.05) is 78.9 Å². The number of Topliss-reactive ketones (excluding diaryl/α,β-unsaturated/α-hetero) is 1. The normalized spacial score (nSPS) is 11.7. The summed E-state index contributed by atoms with van der Waals surface area (Å²) in [6, 6.07) is 29.0. The van der Waals surface area contributed by atoms with Crippen molar-refractivity contribution in [3.63, 3.8) is 0 Å². The van der Waals surface area contributed by atoms with E-state index < -0.39 is 11.9 Å². The van der Waals surface area contributed by atoms with Crippen molar-refractivity contribution in [1.82, 2.24) is 19.3 Å². The molecular formula is C30H26N4O3. The molecule has 7 heteroatoms. The Labute approximate surface area is 215 Å². The zero-order chi connectivity index (χ0) is 25.8. The molecule has 1 atom stereocenters. The van der Waals surface area contributed by atoms with Crippen molar-refractivity contribution >= 4 is 11.8 Å². The number of aryl methyl sites for hydroxylation is 1. The van der Waals surface area contributed by atoms with Crippen LogP contribution in [0.3, 0.4) is 0 Å². The number of benzene rings is 3. The van der Waals surface area contributed by atoms with Crippen molar-refractivity contribution in [3.05, 3.63) is 120 Å². The second kappa shape index (κ2) is 10.5. The first-order chi connectivity index (χ1) is 18.0. The first-order valence-electron chi connectivity index (χ1n) is 12.0. The van der Waals surface area contributed by atoms with E-state index in [4.69, 9.17) is 9.84 Å². The fourth-order valence-electron chi connectivity index (χ4n) is 4.50. The Kier molecular flexibility index (Phi) is 6.76. The maximum absolute atomic E-state index is 13.5. The molecule has 7 nitrogen and oxygen atoms in total. The van der Waals surface area contributed by atoms with E-state index in [1.807, 2.05) is 91.0 Å². The van der Waals surface area contributed by atoms with Crippen LogP contribution in [0, 0.1) is 0 Å². The molecule has 37 heavy (non-hydrogen) atoms. The summed E-state index contributed by atoms with van der Waals surface area (Å²) in [5.41, 5.74) is 3.81. The second-order valence-corrected chi connectivity index (χ2v) is 8.73. The average Bonchev–Trinajstić information content (AvgIpc) is 3.52. The predicted octanol–water partition coefficient (Wildman–Crippen LogP) is 5.60. The predicted molar refractivity (Wildman–Crippen MR) is 141 cm³/mol. The number of esters is 1. The van der Waals surface area contributed by atoms with Crippen LogP contribution >= 0.6 is 0 Å². The van der Waals surface area contributed by atoms with Crippen LogP contribution in [-0.2, 0) is 11.8 Å². The van der Waals surface area contributed by atoms with Crippen molar-refractivity contribution in [3.8, 4) is 22.8 Å². The number of carbonyl (C=O) groups excluding carboxylic acids is 2. The summed E-state index contributed by atoms with van der Waals surface area (Å²) < 4.78 is 9.21. The minimum absolute atomic E-state index is 0.115. The first kappa shape index (κ1) is 23.9. The zero-order valence-corrected chi connectivity index (χ0v) is 20.6. The molecule has 0 aliphatic carbocycles. The van der Waals surface area contributed by atoms with E-state index >= 15 is 0 Å². The molecule has 0 saturated heterocycles. The largest absolute Gasteiger partial charge is 0.407 e. The number of carbonyl (C=O) groups is 2. The summed E-state index contributed by atoms with van der Waals surface area (Å²) in [4.78, 5) is 30.2. The van der Waals surface area contributed by atoms with Gasteiger partial charge in [0.1, 0.15) is 5.69 Å². The summed E-state index contributed by atoms with van der Waals surface area (Å²) in [6.45, 7) is 1.37. The highest BCUT2D eigenvalue weighted by Crippen LogP contribution is 2.43. The highest BCUT2D eigenvalue weighted by atomic mass is 16.5. The SMILES string of the molecule is CC(=O)Oc1c([C@H](CC(=O)c2nccn2C)c2ccccc2)c(-c2ccccc2)nn1-c1ccccc1. The highest BCUT2D eigenvalue weighted by molar-refractivity contribution is 5.94. The molecule has 5 aromatic rings. The van der Waals surface area contributed by atoms with Gasteiger partial charge in [-0.2, -0.15) is 9.78 Å². The Balaban J connectivity index is 1.77. The molecule has 0 aliphatic heterocycles. The number of para-hydroxylation sites is 1. The Morgan fingerprint density at radius 1 is 0.892 bits per heavy atom. The molecule has 0 bridgehead atoms. The lowest BCUT2D eigenvalue weighted by Gasteiger charge is -2.19. The molecule has 5 rings (SSSR count). The number of ketones is 1. The number of nitrogens with zero attached hydrogens (tertiary/aromatic N) is 4. The topological polar surface area (TPSA) is 79.0 Å². The van der Waals surface area contributed by atoms with Gasteiger partial charge < -0.3 is 9.30 Å². The van der Waals surface area contributed by atoms with E-state index in [-0.39, 0.29) is 12.2 Å². The van der Waals surface area contributed by atoms with Crippen molar-refractivity contribution < 1.29 is 14.3 Å². The molecule has 0 saturated carbocycles. The maximum atomic E-state index is 13.5. The number of ether oxygens (including phenoxy) is 1. The molecule has 0 amide bonds. The van der Waals surface area contributed by atoms with E-state index in [2.05, 4.69) is 4.98 Å². The van der Waals surface area contributed by atoms with E-state index in [0.29, 0.717) is 23.0 Å². The number of aromatic nitrogens is 4. The van der Waals surface area contributed by atoms with Crippen LogP contribution in [0.25, 0.3) is 16.9 Å².